The Morgan fingerprint density at radius 2 is 2.04 bits per heavy atom. The van der Waals surface area contributed by atoms with Crippen LogP contribution < -0.4 is 10.0 Å². The molecule has 0 saturated carbocycles. The molecule has 1 atom stereocenters. The predicted octanol–water partition coefficient (Wildman–Crippen LogP) is 3.14. The van der Waals surface area contributed by atoms with Crippen LogP contribution in [0.3, 0.4) is 0 Å². The molecule has 28 heavy (non-hydrogen) atoms. The smallest absolute Gasteiger partial charge is 0.244 e. The van der Waals surface area contributed by atoms with E-state index in [0.717, 1.165) is 28.8 Å². The Morgan fingerprint density at radius 3 is 2.71 bits per heavy atom. The Hall–Kier alpha value is -1.75. The summed E-state index contributed by atoms with van der Waals surface area (Å²) in [5.74, 6) is 0.199. The van der Waals surface area contributed by atoms with Crippen LogP contribution >= 0.6 is 23.1 Å². The summed E-state index contributed by atoms with van der Waals surface area (Å²) in [6, 6.07) is 8.20. The van der Waals surface area contributed by atoms with Crippen molar-refractivity contribution in [2.75, 3.05) is 17.3 Å². The van der Waals surface area contributed by atoms with E-state index in [0.29, 0.717) is 17.3 Å². The first-order valence-electron chi connectivity index (χ1n) is 8.81. The minimum absolute atomic E-state index is 0.367. The Kier molecular flexibility index (Phi) is 9.10. The van der Waals surface area contributed by atoms with Gasteiger partial charge in [0.2, 0.25) is 21.1 Å². The number of carbonyl (C=O) groups excluding carboxylic acids is 1. The Bertz CT molecular complexity index is 882. The maximum absolute atomic E-state index is 12.6. The van der Waals surface area contributed by atoms with E-state index >= 15 is 0 Å². The summed E-state index contributed by atoms with van der Waals surface area (Å²) in [5, 5.41) is 12.9. The molecule has 152 valence electrons. The van der Waals surface area contributed by atoms with Crippen LogP contribution in [0.15, 0.2) is 35.7 Å². The van der Waals surface area contributed by atoms with Crippen LogP contribution in [0.5, 0.6) is 0 Å². The van der Waals surface area contributed by atoms with Crippen LogP contribution in [0.1, 0.15) is 30.3 Å². The molecule has 0 saturated heterocycles. The van der Waals surface area contributed by atoms with Crippen molar-refractivity contribution in [1.29, 1.82) is 0 Å². The van der Waals surface area contributed by atoms with Crippen molar-refractivity contribution in [3.63, 3.8) is 0 Å². The zero-order valence-corrected chi connectivity index (χ0v) is 18.2. The van der Waals surface area contributed by atoms with Gasteiger partial charge in [-0.25, -0.2) is 8.42 Å². The zero-order valence-electron chi connectivity index (χ0n) is 15.8. The van der Waals surface area contributed by atoms with E-state index in [-0.39, 0.29) is 0 Å². The van der Waals surface area contributed by atoms with Gasteiger partial charge in [-0.3, -0.25) is 10.1 Å². The van der Waals surface area contributed by atoms with E-state index < -0.39 is 22.0 Å². The maximum atomic E-state index is 12.6. The molecule has 1 aromatic heterocycles. The summed E-state index contributed by atoms with van der Waals surface area (Å²) in [6.07, 6.45) is 5.49. The molecule has 0 spiro atoms. The molecule has 1 heterocycles. The van der Waals surface area contributed by atoms with Crippen molar-refractivity contribution in [3.05, 3.63) is 46.3 Å². The molecule has 0 fully saturated rings. The second kappa shape index (κ2) is 11.3. The minimum atomic E-state index is -3.78. The number of sulfonamides is 1. The van der Waals surface area contributed by atoms with Crippen LogP contribution in [0, 0.1) is 0 Å². The van der Waals surface area contributed by atoms with Gasteiger partial charge in [-0.2, -0.15) is 16.5 Å². The van der Waals surface area contributed by atoms with E-state index in [4.69, 9.17) is 0 Å². The number of anilines is 1. The zero-order chi connectivity index (χ0) is 20.4. The lowest BCUT2D eigenvalue weighted by molar-refractivity contribution is -0.117. The lowest BCUT2D eigenvalue weighted by Crippen LogP contribution is -2.43. The third kappa shape index (κ3) is 7.70. The number of benzene rings is 1. The van der Waals surface area contributed by atoms with Crippen molar-refractivity contribution in [1.82, 2.24) is 14.9 Å². The third-order valence-corrected chi connectivity index (χ3v) is 6.28. The largest absolute Gasteiger partial charge is 0.299 e. The number of amides is 1. The lowest BCUT2D eigenvalue weighted by Gasteiger charge is -2.16. The summed E-state index contributed by atoms with van der Waals surface area (Å²) >= 11 is 2.84. The van der Waals surface area contributed by atoms with E-state index in [1.54, 1.807) is 23.9 Å². The first-order chi connectivity index (χ1) is 13.4. The molecule has 1 aromatic carbocycles. The van der Waals surface area contributed by atoms with Crippen molar-refractivity contribution in [2.45, 2.75) is 32.2 Å². The summed E-state index contributed by atoms with van der Waals surface area (Å²) < 4.78 is 27.3. The molecule has 7 nitrogen and oxygen atoms in total. The molecule has 0 aliphatic carbocycles. The van der Waals surface area contributed by atoms with Gasteiger partial charge < -0.3 is 0 Å². The predicted molar refractivity (Wildman–Crippen MR) is 117 cm³/mol. The quantitative estimate of drug-likeness (QED) is 0.557. The molecular weight excluding hydrogens is 416 g/mol. The second-order valence-corrected chi connectivity index (χ2v) is 9.60. The Labute approximate surface area is 174 Å². The highest BCUT2D eigenvalue weighted by Gasteiger charge is 2.24. The van der Waals surface area contributed by atoms with Crippen LogP contribution in [-0.2, 0) is 21.2 Å². The van der Waals surface area contributed by atoms with E-state index in [1.165, 1.54) is 17.4 Å². The number of thioether (sulfide) groups is 1. The molecule has 0 aliphatic rings. The van der Waals surface area contributed by atoms with Crippen LogP contribution in [0.25, 0.3) is 6.08 Å². The van der Waals surface area contributed by atoms with Gasteiger partial charge in [-0.15, -0.1) is 10.2 Å². The molecular formula is C18H24N4O3S3. The van der Waals surface area contributed by atoms with Crippen LogP contribution in [0.2, 0.25) is 0 Å². The number of rotatable bonds is 11. The molecule has 1 amide bonds. The van der Waals surface area contributed by atoms with E-state index in [9.17, 15) is 13.2 Å². The molecule has 0 aliphatic heterocycles. The molecule has 0 radical (unpaired) electrons. The lowest BCUT2D eigenvalue weighted by atomic mass is 10.2. The SMILES string of the molecule is CCCc1nnc(NC(=O)C(CCSC)NS(=O)(=O)/C=C/c2ccccc2)s1. The normalized spacial score (nSPS) is 12.9. The standard InChI is InChI=1S/C18H24N4O3S3/c1-3-7-16-20-21-18(27-16)19-17(23)15(10-12-26-2)22-28(24,25)13-11-14-8-5-4-6-9-14/h4-6,8-9,11,13,15,22H,3,7,10,12H2,1-2H3,(H,19,21,23)/b13-11+. The molecule has 10 heteroatoms. The van der Waals surface area contributed by atoms with Gasteiger partial charge in [0, 0.05) is 11.8 Å². The fraction of sp³-hybridized carbons (Fsp3) is 0.389. The Morgan fingerprint density at radius 1 is 1.29 bits per heavy atom. The van der Waals surface area contributed by atoms with Gasteiger partial charge in [0.05, 0.1) is 0 Å². The summed E-state index contributed by atoms with van der Waals surface area (Å²) in [7, 11) is -3.78. The summed E-state index contributed by atoms with van der Waals surface area (Å²) in [6.45, 7) is 2.04. The van der Waals surface area contributed by atoms with E-state index in [1.807, 2.05) is 31.4 Å². The molecule has 2 N–H and O–H groups in total. The first kappa shape index (κ1) is 22.5. The first-order valence-corrected chi connectivity index (χ1v) is 12.6. The molecule has 2 rings (SSSR count). The monoisotopic (exact) mass is 440 g/mol. The Balaban J connectivity index is 2.06. The average Bonchev–Trinajstić information content (AvgIpc) is 3.11. The van der Waals surface area contributed by atoms with Gasteiger partial charge in [-0.05, 0) is 36.5 Å². The molecule has 1 unspecified atom stereocenters. The van der Waals surface area contributed by atoms with Crippen molar-refractivity contribution in [2.24, 2.45) is 0 Å². The number of aryl methyl sites for hydroxylation is 1. The van der Waals surface area contributed by atoms with Gasteiger partial charge >= 0.3 is 0 Å². The number of carbonyl (C=O) groups is 1. The fourth-order valence-electron chi connectivity index (χ4n) is 2.26. The second-order valence-electron chi connectivity index (χ2n) is 5.95. The maximum Gasteiger partial charge on any atom is 0.244 e. The highest BCUT2D eigenvalue weighted by atomic mass is 32.2. The highest BCUT2D eigenvalue weighted by Crippen LogP contribution is 2.17. The van der Waals surface area contributed by atoms with Crippen LogP contribution in [-0.4, -0.2) is 42.6 Å². The number of hydrogen-bond acceptors (Lipinski definition) is 7. The third-order valence-electron chi connectivity index (χ3n) is 3.63. The topological polar surface area (TPSA) is 101 Å². The van der Waals surface area contributed by atoms with Gasteiger partial charge in [-0.1, -0.05) is 48.6 Å². The number of aromatic nitrogens is 2. The van der Waals surface area contributed by atoms with Crippen LogP contribution in [0.4, 0.5) is 5.13 Å². The van der Waals surface area contributed by atoms with Gasteiger partial charge in [0.25, 0.3) is 0 Å². The minimum Gasteiger partial charge on any atom is -0.299 e. The molecule has 0 bridgehead atoms. The molecule has 2 aromatic rings. The van der Waals surface area contributed by atoms with Crippen molar-refractivity contribution >= 4 is 50.2 Å². The highest BCUT2D eigenvalue weighted by molar-refractivity contribution is 7.98. The fourth-order valence-corrected chi connectivity index (χ4v) is 4.61. The van der Waals surface area contributed by atoms with Gasteiger partial charge in [0.1, 0.15) is 11.0 Å². The van der Waals surface area contributed by atoms with E-state index in [2.05, 4.69) is 20.2 Å². The summed E-state index contributed by atoms with van der Waals surface area (Å²) in [4.78, 5) is 12.6. The number of hydrogen-bond donors (Lipinski definition) is 2. The van der Waals surface area contributed by atoms with Crippen molar-refractivity contribution < 1.29 is 13.2 Å². The number of nitrogens with one attached hydrogen (secondary N) is 2. The number of nitrogens with zero attached hydrogens (tertiary/aromatic N) is 2. The van der Waals surface area contributed by atoms with Gasteiger partial charge in [0.15, 0.2) is 0 Å². The average molecular weight is 441 g/mol. The summed E-state index contributed by atoms with van der Waals surface area (Å²) in [5.41, 5.74) is 0.760. The van der Waals surface area contributed by atoms with Crippen molar-refractivity contribution in [3.8, 4) is 0 Å².